The summed E-state index contributed by atoms with van der Waals surface area (Å²) in [6.45, 7) is 1.78. The fraction of sp³-hybridized carbons (Fsp3) is 0.562. The summed E-state index contributed by atoms with van der Waals surface area (Å²) in [4.78, 5) is 15.2. The number of piperidine rings is 1. The van der Waals surface area contributed by atoms with E-state index in [4.69, 9.17) is 10.2 Å². The van der Waals surface area contributed by atoms with Gasteiger partial charge in [-0.1, -0.05) is 11.8 Å². The van der Waals surface area contributed by atoms with Crippen molar-refractivity contribution in [3.63, 3.8) is 0 Å². The number of aliphatic hydroxyl groups is 2. The van der Waals surface area contributed by atoms with Gasteiger partial charge in [0.1, 0.15) is 0 Å². The zero-order valence-corrected chi connectivity index (χ0v) is 12.9. The topological polar surface area (TPSA) is 60.8 Å². The van der Waals surface area contributed by atoms with E-state index in [0.29, 0.717) is 17.9 Å². The van der Waals surface area contributed by atoms with Crippen molar-refractivity contribution in [1.29, 1.82) is 0 Å². The lowest BCUT2D eigenvalue weighted by atomic mass is 9.95. The minimum absolute atomic E-state index is 0.0593. The van der Waals surface area contributed by atoms with Gasteiger partial charge in [-0.15, -0.1) is 11.3 Å². The summed E-state index contributed by atoms with van der Waals surface area (Å²) in [7, 11) is 0. The lowest BCUT2D eigenvalue weighted by Gasteiger charge is -2.32. The molecule has 0 aromatic carbocycles. The van der Waals surface area contributed by atoms with Crippen LogP contribution in [0.25, 0.3) is 0 Å². The molecule has 0 radical (unpaired) electrons. The number of hydrogen-bond donors (Lipinski definition) is 2. The van der Waals surface area contributed by atoms with Crippen LogP contribution >= 0.6 is 11.3 Å². The third-order valence-electron chi connectivity index (χ3n) is 3.64. The van der Waals surface area contributed by atoms with Gasteiger partial charge in [-0.3, -0.25) is 4.79 Å². The first-order chi connectivity index (χ1) is 10.2. The van der Waals surface area contributed by atoms with Crippen molar-refractivity contribution in [1.82, 2.24) is 4.90 Å². The van der Waals surface area contributed by atoms with Gasteiger partial charge in [0.2, 0.25) is 0 Å². The average Bonchev–Trinajstić information content (AvgIpc) is 2.96. The molecule has 1 unspecified atom stereocenters. The van der Waals surface area contributed by atoms with Gasteiger partial charge in [0.15, 0.2) is 0 Å². The molecule has 0 spiro atoms. The predicted octanol–water partition coefficient (Wildman–Crippen LogP) is 1.72. The Bertz CT molecular complexity index is 527. The van der Waals surface area contributed by atoms with Crippen molar-refractivity contribution in [2.24, 2.45) is 5.92 Å². The molecule has 2 N–H and O–H groups in total. The Hall–Kier alpha value is -1.35. The van der Waals surface area contributed by atoms with Gasteiger partial charge in [-0.2, -0.15) is 0 Å². The first kappa shape index (κ1) is 16.0. The summed E-state index contributed by atoms with van der Waals surface area (Å²) >= 11 is 1.46. The Kier molecular flexibility index (Phi) is 6.24. The molecule has 1 aromatic rings. The van der Waals surface area contributed by atoms with E-state index < -0.39 is 0 Å². The van der Waals surface area contributed by atoms with E-state index in [1.54, 1.807) is 0 Å². The monoisotopic (exact) mass is 307 g/mol. The predicted molar refractivity (Wildman–Crippen MR) is 83.2 cm³/mol. The van der Waals surface area contributed by atoms with Crippen molar-refractivity contribution in [3.05, 3.63) is 21.9 Å². The molecule has 1 saturated heterocycles. The van der Waals surface area contributed by atoms with Crippen molar-refractivity contribution in [2.45, 2.75) is 25.7 Å². The third kappa shape index (κ3) is 4.57. The van der Waals surface area contributed by atoms with Gasteiger partial charge in [0, 0.05) is 31.5 Å². The van der Waals surface area contributed by atoms with Crippen LogP contribution < -0.4 is 0 Å². The van der Waals surface area contributed by atoms with Gasteiger partial charge in [0.05, 0.1) is 17.0 Å². The number of rotatable bonds is 4. The minimum atomic E-state index is 0.0593. The smallest absolute Gasteiger partial charge is 0.254 e. The second-order valence-corrected chi connectivity index (χ2v) is 6.16. The van der Waals surface area contributed by atoms with E-state index >= 15 is 0 Å². The number of carbonyl (C=O) groups excluding carboxylic acids is 1. The van der Waals surface area contributed by atoms with Crippen LogP contribution in [0.2, 0.25) is 0 Å². The number of likely N-dealkylation sites (tertiary alicyclic amines) is 1. The van der Waals surface area contributed by atoms with E-state index in [0.717, 1.165) is 37.2 Å². The molecule has 114 valence electrons. The number of thiophene rings is 1. The van der Waals surface area contributed by atoms with Crippen LogP contribution in [0, 0.1) is 17.8 Å². The minimum Gasteiger partial charge on any atom is -0.396 e. The lowest BCUT2D eigenvalue weighted by molar-refractivity contribution is 0.0654. The summed E-state index contributed by atoms with van der Waals surface area (Å²) in [6.07, 6.45) is 3.32. The summed E-state index contributed by atoms with van der Waals surface area (Å²) in [5.74, 6) is 6.29. The van der Waals surface area contributed by atoms with E-state index in [1.165, 1.54) is 11.3 Å². The van der Waals surface area contributed by atoms with Crippen molar-refractivity contribution < 1.29 is 15.0 Å². The SMILES string of the molecule is O=C(c1csc(C#CCCO)c1)N1CCCC(CCO)C1. The third-order valence-corrected chi connectivity index (χ3v) is 4.48. The Morgan fingerprint density at radius 2 is 2.29 bits per heavy atom. The second kappa shape index (κ2) is 8.18. The van der Waals surface area contributed by atoms with Gasteiger partial charge in [-0.05, 0) is 31.2 Å². The van der Waals surface area contributed by atoms with Crippen LogP contribution in [0.1, 0.15) is 40.9 Å². The standard InChI is InChI=1S/C16H21NO3S/c18-8-2-1-5-15-10-14(12-21-15)16(20)17-7-3-4-13(11-17)6-9-19/h10,12-13,18-19H,2-4,6-9,11H2. The maximum atomic E-state index is 12.5. The van der Waals surface area contributed by atoms with Crippen LogP contribution in [0.4, 0.5) is 0 Å². The number of carbonyl (C=O) groups is 1. The number of nitrogens with zero attached hydrogens (tertiary/aromatic N) is 1. The molecule has 4 nitrogen and oxygen atoms in total. The van der Waals surface area contributed by atoms with Crippen LogP contribution in [0.3, 0.4) is 0 Å². The van der Waals surface area contributed by atoms with Crippen molar-refractivity contribution in [3.8, 4) is 11.8 Å². The highest BCUT2D eigenvalue weighted by Gasteiger charge is 2.24. The summed E-state index contributed by atoms with van der Waals surface area (Å²) in [5.41, 5.74) is 0.693. The molecule has 2 heterocycles. The molecular formula is C16H21NO3S. The first-order valence-electron chi connectivity index (χ1n) is 7.33. The fourth-order valence-electron chi connectivity index (χ4n) is 2.57. The Morgan fingerprint density at radius 1 is 1.43 bits per heavy atom. The Balaban J connectivity index is 1.98. The molecule has 1 fully saturated rings. The van der Waals surface area contributed by atoms with Crippen LogP contribution in [-0.4, -0.2) is 47.3 Å². The molecule has 1 aliphatic heterocycles. The second-order valence-electron chi connectivity index (χ2n) is 5.25. The number of hydrogen-bond acceptors (Lipinski definition) is 4. The van der Waals surface area contributed by atoms with E-state index in [9.17, 15) is 4.79 Å². The molecule has 0 saturated carbocycles. The maximum Gasteiger partial charge on any atom is 0.254 e. The average molecular weight is 307 g/mol. The van der Waals surface area contributed by atoms with Crippen LogP contribution in [-0.2, 0) is 0 Å². The van der Waals surface area contributed by atoms with Gasteiger partial charge >= 0.3 is 0 Å². The van der Waals surface area contributed by atoms with E-state index in [-0.39, 0.29) is 19.1 Å². The number of aliphatic hydroxyl groups excluding tert-OH is 2. The Labute approximate surface area is 129 Å². The van der Waals surface area contributed by atoms with Gasteiger partial charge in [0.25, 0.3) is 5.91 Å². The molecule has 0 aliphatic carbocycles. The molecule has 1 atom stereocenters. The molecule has 2 rings (SSSR count). The Morgan fingerprint density at radius 3 is 3.05 bits per heavy atom. The quantitative estimate of drug-likeness (QED) is 0.833. The lowest BCUT2D eigenvalue weighted by Crippen LogP contribution is -2.40. The molecule has 1 aromatic heterocycles. The number of amides is 1. The summed E-state index contributed by atoms with van der Waals surface area (Å²) in [5, 5.41) is 19.6. The molecule has 21 heavy (non-hydrogen) atoms. The molecule has 0 bridgehead atoms. The highest BCUT2D eigenvalue weighted by molar-refractivity contribution is 7.10. The zero-order chi connectivity index (χ0) is 15.1. The van der Waals surface area contributed by atoms with E-state index in [1.807, 2.05) is 16.3 Å². The normalized spacial score (nSPS) is 18.2. The van der Waals surface area contributed by atoms with Crippen LogP contribution in [0.5, 0.6) is 0 Å². The first-order valence-corrected chi connectivity index (χ1v) is 8.21. The molecule has 5 heteroatoms. The largest absolute Gasteiger partial charge is 0.396 e. The maximum absolute atomic E-state index is 12.5. The summed E-state index contributed by atoms with van der Waals surface area (Å²) < 4.78 is 0. The van der Waals surface area contributed by atoms with Gasteiger partial charge in [-0.25, -0.2) is 0 Å². The summed E-state index contributed by atoms with van der Waals surface area (Å²) in [6, 6.07) is 1.83. The van der Waals surface area contributed by atoms with Crippen molar-refractivity contribution >= 4 is 17.2 Å². The molecule has 1 amide bonds. The molecular weight excluding hydrogens is 286 g/mol. The van der Waals surface area contributed by atoms with Crippen molar-refractivity contribution in [2.75, 3.05) is 26.3 Å². The van der Waals surface area contributed by atoms with E-state index in [2.05, 4.69) is 11.8 Å². The zero-order valence-electron chi connectivity index (χ0n) is 12.0. The van der Waals surface area contributed by atoms with Gasteiger partial charge < -0.3 is 15.1 Å². The highest BCUT2D eigenvalue weighted by Crippen LogP contribution is 2.22. The van der Waals surface area contributed by atoms with Crippen LogP contribution in [0.15, 0.2) is 11.4 Å². The molecule has 1 aliphatic rings. The highest BCUT2D eigenvalue weighted by atomic mass is 32.1. The fourth-order valence-corrected chi connectivity index (χ4v) is 3.32.